The number of benzene rings is 2. The molecule has 8 heteroatoms. The molecular weight excluding hydrogens is 394 g/mol. The molecule has 1 aliphatic rings. The summed E-state index contributed by atoms with van der Waals surface area (Å²) in [7, 11) is 0. The Kier molecular flexibility index (Phi) is 4.91. The van der Waals surface area contributed by atoms with E-state index < -0.39 is 0 Å². The van der Waals surface area contributed by atoms with E-state index in [2.05, 4.69) is 9.97 Å². The molecule has 1 amide bonds. The highest BCUT2D eigenvalue weighted by molar-refractivity contribution is 5.97. The lowest BCUT2D eigenvalue weighted by Crippen LogP contribution is -2.36. The minimum Gasteiger partial charge on any atom is -0.395 e. The second kappa shape index (κ2) is 7.88. The molecule has 1 atom stereocenters. The molecular formula is C23H21N5O3. The highest BCUT2D eigenvalue weighted by Gasteiger charge is 2.34. The standard InChI is InChI=1S/C23H21N5O3/c29-13-12-28-21(26-17-5-2-1-4-16(17)23(28)31)20-6-3-11-27(20)22(30)15-7-8-18-19(14-15)25-10-9-24-18/h1-2,4-5,7-10,14,20,29H,3,6,11-13H2. The van der Waals surface area contributed by atoms with Gasteiger partial charge >= 0.3 is 0 Å². The van der Waals surface area contributed by atoms with Gasteiger partial charge in [-0.25, -0.2) is 4.98 Å². The maximum absolute atomic E-state index is 13.4. The first kappa shape index (κ1) is 19.3. The number of para-hydroxylation sites is 1. The number of hydrogen-bond donors (Lipinski definition) is 1. The molecule has 1 fully saturated rings. The Hall–Kier alpha value is -3.65. The van der Waals surface area contributed by atoms with E-state index in [0.29, 0.717) is 40.8 Å². The number of rotatable bonds is 4. The van der Waals surface area contributed by atoms with Gasteiger partial charge in [-0.2, -0.15) is 0 Å². The van der Waals surface area contributed by atoms with Crippen LogP contribution in [0.1, 0.15) is 35.1 Å². The number of hydrogen-bond acceptors (Lipinski definition) is 6. The largest absolute Gasteiger partial charge is 0.395 e. The van der Waals surface area contributed by atoms with Gasteiger partial charge in [0.05, 0.1) is 41.1 Å². The van der Waals surface area contributed by atoms with E-state index in [-0.39, 0.29) is 30.7 Å². The van der Waals surface area contributed by atoms with Gasteiger partial charge in [-0.05, 0) is 43.2 Å². The van der Waals surface area contributed by atoms with E-state index in [1.165, 1.54) is 4.57 Å². The molecule has 2 aromatic heterocycles. The summed E-state index contributed by atoms with van der Waals surface area (Å²) < 4.78 is 1.50. The van der Waals surface area contributed by atoms with Gasteiger partial charge in [0.1, 0.15) is 5.82 Å². The van der Waals surface area contributed by atoms with Crippen LogP contribution in [0.15, 0.2) is 59.7 Å². The highest BCUT2D eigenvalue weighted by atomic mass is 16.3. The van der Waals surface area contributed by atoms with Crippen LogP contribution in [0.25, 0.3) is 21.9 Å². The van der Waals surface area contributed by atoms with Crippen molar-refractivity contribution in [3.63, 3.8) is 0 Å². The van der Waals surface area contributed by atoms with Gasteiger partial charge in [-0.15, -0.1) is 0 Å². The van der Waals surface area contributed by atoms with E-state index >= 15 is 0 Å². The molecule has 0 bridgehead atoms. The second-order valence-corrected chi connectivity index (χ2v) is 7.58. The molecule has 2 aromatic carbocycles. The van der Waals surface area contributed by atoms with Crippen LogP contribution in [-0.4, -0.2) is 48.6 Å². The third-order valence-electron chi connectivity index (χ3n) is 5.74. The van der Waals surface area contributed by atoms with Crippen molar-refractivity contribution in [2.45, 2.75) is 25.4 Å². The van der Waals surface area contributed by atoms with Gasteiger partial charge < -0.3 is 10.0 Å². The number of aliphatic hydroxyl groups excluding tert-OH is 1. The number of carbonyl (C=O) groups excluding carboxylic acids is 1. The molecule has 1 saturated heterocycles. The quantitative estimate of drug-likeness (QED) is 0.549. The maximum atomic E-state index is 13.4. The lowest BCUT2D eigenvalue weighted by molar-refractivity contribution is 0.0726. The van der Waals surface area contributed by atoms with Gasteiger partial charge in [0.15, 0.2) is 0 Å². The average molecular weight is 415 g/mol. The second-order valence-electron chi connectivity index (χ2n) is 7.58. The first-order chi connectivity index (χ1) is 15.2. The number of carbonyl (C=O) groups is 1. The Bertz CT molecular complexity index is 1350. The summed E-state index contributed by atoms with van der Waals surface area (Å²) in [6.45, 7) is 0.525. The normalized spacial score (nSPS) is 16.3. The summed E-state index contributed by atoms with van der Waals surface area (Å²) in [5.74, 6) is 0.386. The Balaban J connectivity index is 1.58. The van der Waals surface area contributed by atoms with E-state index in [0.717, 1.165) is 11.9 Å². The summed E-state index contributed by atoms with van der Waals surface area (Å²) in [6.07, 6.45) is 4.73. The molecule has 5 rings (SSSR count). The first-order valence-electron chi connectivity index (χ1n) is 10.3. The van der Waals surface area contributed by atoms with E-state index in [4.69, 9.17) is 4.98 Å². The number of likely N-dealkylation sites (tertiary alicyclic amines) is 1. The lowest BCUT2D eigenvalue weighted by atomic mass is 10.1. The Morgan fingerprint density at radius 3 is 2.71 bits per heavy atom. The average Bonchev–Trinajstić information content (AvgIpc) is 3.30. The van der Waals surface area contributed by atoms with E-state index in [1.807, 2.05) is 6.07 Å². The highest BCUT2D eigenvalue weighted by Crippen LogP contribution is 2.32. The predicted octanol–water partition coefficient (Wildman–Crippen LogP) is 2.31. The van der Waals surface area contributed by atoms with Crippen LogP contribution in [0.2, 0.25) is 0 Å². The van der Waals surface area contributed by atoms with Gasteiger partial charge in [0, 0.05) is 24.5 Å². The zero-order valence-corrected chi connectivity index (χ0v) is 16.8. The molecule has 0 spiro atoms. The van der Waals surface area contributed by atoms with Crippen molar-refractivity contribution in [3.8, 4) is 0 Å². The maximum Gasteiger partial charge on any atom is 0.261 e. The van der Waals surface area contributed by atoms with Gasteiger partial charge in [0.25, 0.3) is 11.5 Å². The van der Waals surface area contributed by atoms with Gasteiger partial charge in [0.2, 0.25) is 0 Å². The zero-order chi connectivity index (χ0) is 21.4. The Morgan fingerprint density at radius 2 is 1.87 bits per heavy atom. The number of aliphatic hydroxyl groups is 1. The molecule has 31 heavy (non-hydrogen) atoms. The molecule has 1 unspecified atom stereocenters. The van der Waals surface area contributed by atoms with Crippen molar-refractivity contribution >= 4 is 27.8 Å². The van der Waals surface area contributed by atoms with Crippen molar-refractivity contribution in [1.29, 1.82) is 0 Å². The van der Waals surface area contributed by atoms with E-state index in [1.54, 1.807) is 53.7 Å². The Morgan fingerprint density at radius 1 is 1.06 bits per heavy atom. The zero-order valence-electron chi connectivity index (χ0n) is 16.8. The van der Waals surface area contributed by atoms with Crippen molar-refractivity contribution in [1.82, 2.24) is 24.4 Å². The summed E-state index contributed by atoms with van der Waals surface area (Å²) in [4.78, 5) is 41.5. The third-order valence-corrected chi connectivity index (χ3v) is 5.74. The molecule has 0 saturated carbocycles. The van der Waals surface area contributed by atoms with Crippen LogP contribution in [-0.2, 0) is 6.54 Å². The van der Waals surface area contributed by atoms with Crippen molar-refractivity contribution < 1.29 is 9.90 Å². The molecule has 156 valence electrons. The number of nitrogens with zero attached hydrogens (tertiary/aromatic N) is 5. The lowest BCUT2D eigenvalue weighted by Gasteiger charge is -2.26. The van der Waals surface area contributed by atoms with Crippen LogP contribution in [0.3, 0.4) is 0 Å². The Labute approximate surface area is 177 Å². The minimum absolute atomic E-state index is 0.131. The van der Waals surface area contributed by atoms with Crippen LogP contribution in [0.5, 0.6) is 0 Å². The molecule has 4 aromatic rings. The SMILES string of the molecule is O=C(c1ccc2nccnc2c1)N1CCCC1c1nc2ccccc2c(=O)n1CCO. The minimum atomic E-state index is -0.339. The molecule has 0 radical (unpaired) electrons. The number of aromatic nitrogens is 4. The summed E-state index contributed by atoms with van der Waals surface area (Å²) in [6, 6.07) is 12.1. The smallest absolute Gasteiger partial charge is 0.261 e. The van der Waals surface area contributed by atoms with Crippen LogP contribution in [0.4, 0.5) is 0 Å². The fourth-order valence-corrected chi connectivity index (χ4v) is 4.30. The van der Waals surface area contributed by atoms with Crippen LogP contribution < -0.4 is 5.56 Å². The molecule has 1 aliphatic heterocycles. The predicted molar refractivity (Wildman–Crippen MR) is 116 cm³/mol. The molecule has 1 N–H and O–H groups in total. The fraction of sp³-hybridized carbons (Fsp3) is 0.261. The monoisotopic (exact) mass is 415 g/mol. The topological polar surface area (TPSA) is 101 Å². The number of fused-ring (bicyclic) bond motifs is 2. The molecule has 0 aliphatic carbocycles. The van der Waals surface area contributed by atoms with Gasteiger partial charge in [-0.3, -0.25) is 24.1 Å². The first-order valence-corrected chi connectivity index (χ1v) is 10.3. The van der Waals surface area contributed by atoms with Crippen LogP contribution in [0, 0.1) is 0 Å². The summed E-state index contributed by atoms with van der Waals surface area (Å²) in [5, 5.41) is 10.1. The fourth-order valence-electron chi connectivity index (χ4n) is 4.30. The van der Waals surface area contributed by atoms with Crippen molar-refractivity contribution in [2.75, 3.05) is 13.2 Å². The number of amides is 1. The van der Waals surface area contributed by atoms with Gasteiger partial charge in [-0.1, -0.05) is 12.1 Å². The van der Waals surface area contributed by atoms with Crippen molar-refractivity contribution in [2.24, 2.45) is 0 Å². The summed E-state index contributed by atoms with van der Waals surface area (Å²) >= 11 is 0. The van der Waals surface area contributed by atoms with Crippen molar-refractivity contribution in [3.05, 3.63) is 76.6 Å². The molecule has 8 nitrogen and oxygen atoms in total. The van der Waals surface area contributed by atoms with E-state index in [9.17, 15) is 14.7 Å². The summed E-state index contributed by atoms with van der Waals surface area (Å²) in [5.41, 5.74) is 2.30. The molecule has 3 heterocycles. The third kappa shape index (κ3) is 3.34. The van der Waals surface area contributed by atoms with Crippen LogP contribution >= 0.6 is 0 Å².